The van der Waals surface area contributed by atoms with Gasteiger partial charge in [0.2, 0.25) is 11.3 Å². The van der Waals surface area contributed by atoms with E-state index >= 15 is 0 Å². The van der Waals surface area contributed by atoms with Crippen LogP contribution in [-0.2, 0) is 17.1 Å². The first-order valence-corrected chi connectivity index (χ1v) is 10.3. The van der Waals surface area contributed by atoms with Gasteiger partial charge in [0, 0.05) is 33.7 Å². The van der Waals surface area contributed by atoms with Gasteiger partial charge in [0.15, 0.2) is 11.5 Å². The Kier molecular flexibility index (Phi) is 7.08. The molecule has 1 amide bonds. The molecule has 0 saturated carbocycles. The van der Waals surface area contributed by atoms with Crippen molar-refractivity contribution in [2.45, 2.75) is 24.1 Å². The Morgan fingerprint density at radius 2 is 1.77 bits per heavy atom. The van der Waals surface area contributed by atoms with Crippen molar-refractivity contribution >= 4 is 29.1 Å². The number of aromatic nitrogens is 1. The van der Waals surface area contributed by atoms with Crippen LogP contribution in [0.1, 0.15) is 23.0 Å². The lowest BCUT2D eigenvalue weighted by Crippen LogP contribution is -2.22. The average molecular weight is 423 g/mol. The van der Waals surface area contributed by atoms with Crippen LogP contribution in [0.2, 0.25) is 0 Å². The number of Topliss-reactive ketones (excluding diaryl/α,β-unsaturated/α-hetero) is 1. The molecule has 3 aromatic rings. The standard InChI is InChI=1S/C23H22N2O4S/c1-16(26)17-8-10-18(11-9-17)24-23(28)14-25-13-22(29-2)21(27)12-19(25)15-30-20-6-4-3-5-7-20/h3-13H,14-15H2,1-2H3,(H,24,28). The highest BCUT2D eigenvalue weighted by atomic mass is 32.2. The van der Waals surface area contributed by atoms with E-state index in [4.69, 9.17) is 4.74 Å². The molecule has 0 aliphatic heterocycles. The Morgan fingerprint density at radius 3 is 2.40 bits per heavy atom. The van der Waals surface area contributed by atoms with Crippen molar-refractivity contribution in [3.8, 4) is 5.75 Å². The van der Waals surface area contributed by atoms with E-state index in [0.29, 0.717) is 17.0 Å². The number of rotatable bonds is 8. The van der Waals surface area contributed by atoms with Crippen LogP contribution in [0.25, 0.3) is 0 Å². The predicted octanol–water partition coefficient (Wildman–Crippen LogP) is 3.99. The highest BCUT2D eigenvalue weighted by Gasteiger charge is 2.12. The number of nitrogens with zero attached hydrogens (tertiary/aromatic N) is 1. The molecule has 0 unspecified atom stereocenters. The van der Waals surface area contributed by atoms with E-state index in [1.54, 1.807) is 46.8 Å². The summed E-state index contributed by atoms with van der Waals surface area (Å²) in [5.41, 5.74) is 1.67. The lowest BCUT2D eigenvalue weighted by atomic mass is 10.1. The van der Waals surface area contributed by atoms with Gasteiger partial charge in [-0.2, -0.15) is 0 Å². The number of thioether (sulfide) groups is 1. The highest BCUT2D eigenvalue weighted by Crippen LogP contribution is 2.22. The molecule has 0 aliphatic rings. The van der Waals surface area contributed by atoms with E-state index in [9.17, 15) is 14.4 Å². The van der Waals surface area contributed by atoms with Crippen molar-refractivity contribution in [3.63, 3.8) is 0 Å². The smallest absolute Gasteiger partial charge is 0.244 e. The molecule has 0 aliphatic carbocycles. The average Bonchev–Trinajstić information content (AvgIpc) is 2.74. The number of pyridine rings is 1. The van der Waals surface area contributed by atoms with Gasteiger partial charge in [0.25, 0.3) is 0 Å². The molecule has 0 spiro atoms. The fourth-order valence-corrected chi connectivity index (χ4v) is 3.75. The third kappa shape index (κ3) is 5.61. The van der Waals surface area contributed by atoms with E-state index in [0.717, 1.165) is 10.6 Å². The van der Waals surface area contributed by atoms with Gasteiger partial charge in [-0.15, -0.1) is 11.8 Å². The molecule has 1 heterocycles. The minimum Gasteiger partial charge on any atom is -0.491 e. The molecular weight excluding hydrogens is 400 g/mol. The summed E-state index contributed by atoms with van der Waals surface area (Å²) < 4.78 is 6.85. The maximum atomic E-state index is 12.6. The number of carbonyl (C=O) groups excluding carboxylic acids is 2. The van der Waals surface area contributed by atoms with Crippen LogP contribution in [0.3, 0.4) is 0 Å². The second-order valence-corrected chi connectivity index (χ2v) is 7.66. The van der Waals surface area contributed by atoms with E-state index in [-0.39, 0.29) is 29.4 Å². The summed E-state index contributed by atoms with van der Waals surface area (Å²) in [4.78, 5) is 37.3. The summed E-state index contributed by atoms with van der Waals surface area (Å²) in [5.74, 6) is 0.433. The number of ether oxygens (including phenoxy) is 1. The Balaban J connectivity index is 1.76. The summed E-state index contributed by atoms with van der Waals surface area (Å²) >= 11 is 1.58. The van der Waals surface area contributed by atoms with E-state index < -0.39 is 0 Å². The van der Waals surface area contributed by atoms with Gasteiger partial charge < -0.3 is 14.6 Å². The third-order valence-corrected chi connectivity index (χ3v) is 5.47. The van der Waals surface area contributed by atoms with Crippen LogP contribution in [0.4, 0.5) is 5.69 Å². The third-order valence-electron chi connectivity index (χ3n) is 4.42. The van der Waals surface area contributed by atoms with Crippen molar-refractivity contribution in [1.29, 1.82) is 0 Å². The minimum atomic E-state index is -0.248. The Morgan fingerprint density at radius 1 is 1.07 bits per heavy atom. The van der Waals surface area contributed by atoms with E-state index in [1.165, 1.54) is 20.1 Å². The van der Waals surface area contributed by atoms with Gasteiger partial charge >= 0.3 is 0 Å². The molecule has 3 rings (SSSR count). The summed E-state index contributed by atoms with van der Waals surface area (Å²) in [6, 6.07) is 18.1. The monoisotopic (exact) mass is 422 g/mol. The lowest BCUT2D eigenvalue weighted by molar-refractivity contribution is -0.116. The van der Waals surface area contributed by atoms with Crippen molar-refractivity contribution in [2.24, 2.45) is 0 Å². The second-order valence-electron chi connectivity index (χ2n) is 6.61. The number of ketones is 1. The van der Waals surface area contributed by atoms with Crippen molar-refractivity contribution in [1.82, 2.24) is 4.57 Å². The molecule has 1 aromatic heterocycles. The first-order valence-electron chi connectivity index (χ1n) is 9.32. The molecule has 6 nitrogen and oxygen atoms in total. The molecule has 154 valence electrons. The van der Waals surface area contributed by atoms with E-state index in [2.05, 4.69) is 5.32 Å². The zero-order valence-corrected chi connectivity index (χ0v) is 17.6. The number of nitrogens with one attached hydrogen (secondary N) is 1. The first kappa shape index (κ1) is 21.4. The molecule has 1 N–H and O–H groups in total. The van der Waals surface area contributed by atoms with Gasteiger partial charge in [-0.25, -0.2) is 0 Å². The number of hydrogen-bond acceptors (Lipinski definition) is 5. The summed E-state index contributed by atoms with van der Waals surface area (Å²) in [5, 5.41) is 2.81. The van der Waals surface area contributed by atoms with Crippen LogP contribution < -0.4 is 15.5 Å². The predicted molar refractivity (Wildman–Crippen MR) is 118 cm³/mol. The van der Waals surface area contributed by atoms with Crippen molar-refractivity contribution < 1.29 is 14.3 Å². The summed E-state index contributed by atoms with van der Waals surface area (Å²) in [7, 11) is 1.43. The molecule has 0 radical (unpaired) electrons. The van der Waals surface area contributed by atoms with Crippen LogP contribution in [0.15, 0.2) is 76.6 Å². The molecule has 30 heavy (non-hydrogen) atoms. The molecule has 2 aromatic carbocycles. The molecule has 0 bridgehead atoms. The minimum absolute atomic E-state index is 0.0236. The molecular formula is C23H22N2O4S. The van der Waals surface area contributed by atoms with Gasteiger partial charge in [-0.3, -0.25) is 14.4 Å². The van der Waals surface area contributed by atoms with E-state index in [1.807, 2.05) is 30.3 Å². The SMILES string of the molecule is COc1cn(CC(=O)Nc2ccc(C(C)=O)cc2)c(CSc2ccccc2)cc1=O. The van der Waals surface area contributed by atoms with Crippen LogP contribution in [0.5, 0.6) is 5.75 Å². The number of amides is 1. The lowest BCUT2D eigenvalue weighted by Gasteiger charge is -2.15. The number of hydrogen-bond donors (Lipinski definition) is 1. The topological polar surface area (TPSA) is 77.4 Å². The molecule has 0 atom stereocenters. The fraction of sp³-hybridized carbons (Fsp3) is 0.174. The van der Waals surface area contributed by atoms with Gasteiger partial charge in [-0.1, -0.05) is 18.2 Å². The van der Waals surface area contributed by atoms with Gasteiger partial charge in [-0.05, 0) is 43.3 Å². The zero-order chi connectivity index (χ0) is 21.5. The molecule has 0 saturated heterocycles. The Bertz CT molecular complexity index is 1090. The van der Waals surface area contributed by atoms with Crippen LogP contribution in [0, 0.1) is 0 Å². The quantitative estimate of drug-likeness (QED) is 0.439. The van der Waals surface area contributed by atoms with Crippen LogP contribution in [-0.4, -0.2) is 23.4 Å². The molecule has 7 heteroatoms. The second kappa shape index (κ2) is 9.93. The summed E-state index contributed by atoms with van der Waals surface area (Å²) in [6.45, 7) is 1.52. The maximum absolute atomic E-state index is 12.6. The maximum Gasteiger partial charge on any atom is 0.244 e. The first-order chi connectivity index (χ1) is 14.5. The normalized spacial score (nSPS) is 10.5. The molecule has 0 fully saturated rings. The van der Waals surface area contributed by atoms with Gasteiger partial charge in [0.05, 0.1) is 13.3 Å². The van der Waals surface area contributed by atoms with Crippen LogP contribution >= 0.6 is 11.8 Å². The Labute approximate surface area is 178 Å². The van der Waals surface area contributed by atoms with Crippen molar-refractivity contribution in [2.75, 3.05) is 12.4 Å². The largest absolute Gasteiger partial charge is 0.491 e. The number of benzene rings is 2. The number of methoxy groups -OCH3 is 1. The van der Waals surface area contributed by atoms with Crippen molar-refractivity contribution in [3.05, 3.63) is 88.3 Å². The number of carbonyl (C=O) groups is 2. The summed E-state index contributed by atoms with van der Waals surface area (Å²) in [6.07, 6.45) is 1.56. The van der Waals surface area contributed by atoms with Gasteiger partial charge in [0.1, 0.15) is 6.54 Å². The number of anilines is 1. The highest BCUT2D eigenvalue weighted by molar-refractivity contribution is 7.98. The Hall–Kier alpha value is -3.32. The zero-order valence-electron chi connectivity index (χ0n) is 16.8. The fourth-order valence-electron chi connectivity index (χ4n) is 2.84.